The Balaban J connectivity index is 2.15. The molecule has 0 unspecified atom stereocenters. The lowest BCUT2D eigenvalue weighted by Gasteiger charge is -2.12. The molecule has 0 aliphatic rings. The molecule has 6 heteroatoms. The van der Waals surface area contributed by atoms with Crippen molar-refractivity contribution in [1.29, 1.82) is 5.26 Å². The van der Waals surface area contributed by atoms with Crippen LogP contribution in [0, 0.1) is 24.2 Å². The van der Waals surface area contributed by atoms with E-state index in [0.29, 0.717) is 17.2 Å². The third-order valence-electron chi connectivity index (χ3n) is 3.78. The Hall–Kier alpha value is -3.20. The number of hydrogen-bond donors (Lipinski definition) is 1. The number of carbonyl (C=O) groups is 1. The van der Waals surface area contributed by atoms with Gasteiger partial charge in [-0.3, -0.25) is 4.79 Å². The zero-order chi connectivity index (χ0) is 17.3. The van der Waals surface area contributed by atoms with Gasteiger partial charge in [0.25, 0.3) is 0 Å². The number of aryl methyl sites for hydroxylation is 1. The van der Waals surface area contributed by atoms with Gasteiger partial charge in [0.05, 0.1) is 11.7 Å². The predicted octanol–water partition coefficient (Wildman–Crippen LogP) is 3.20. The van der Waals surface area contributed by atoms with Crippen molar-refractivity contribution in [2.45, 2.75) is 20.8 Å². The highest BCUT2D eigenvalue weighted by Crippen LogP contribution is 2.23. The molecule has 0 aliphatic carbocycles. The van der Waals surface area contributed by atoms with Crippen molar-refractivity contribution in [3.05, 3.63) is 47.7 Å². The molecule has 0 fully saturated rings. The summed E-state index contributed by atoms with van der Waals surface area (Å²) in [6.45, 7) is 5.58. The SMILES string of the molecule is Cc1cc(-n2ncc(C#N)c2NC(=O)C(C)C)nc2ccccc12. The molecule has 3 rings (SSSR count). The van der Waals surface area contributed by atoms with Gasteiger partial charge in [-0.2, -0.15) is 15.0 Å². The van der Waals surface area contributed by atoms with E-state index in [-0.39, 0.29) is 11.8 Å². The number of nitrogens with zero attached hydrogens (tertiary/aromatic N) is 4. The van der Waals surface area contributed by atoms with Gasteiger partial charge in [0.15, 0.2) is 11.6 Å². The fraction of sp³-hybridized carbons (Fsp3) is 0.222. The molecule has 0 saturated carbocycles. The Morgan fingerprint density at radius 1 is 1.33 bits per heavy atom. The van der Waals surface area contributed by atoms with Crippen LogP contribution in [0.2, 0.25) is 0 Å². The number of para-hydroxylation sites is 1. The van der Waals surface area contributed by atoms with Gasteiger partial charge in [-0.05, 0) is 24.6 Å². The summed E-state index contributed by atoms with van der Waals surface area (Å²) in [6, 6.07) is 11.8. The van der Waals surface area contributed by atoms with E-state index >= 15 is 0 Å². The van der Waals surface area contributed by atoms with Crippen LogP contribution in [0.4, 0.5) is 5.82 Å². The highest BCUT2D eigenvalue weighted by atomic mass is 16.1. The highest BCUT2D eigenvalue weighted by molar-refractivity contribution is 5.92. The van der Waals surface area contributed by atoms with Crippen molar-refractivity contribution in [3.8, 4) is 11.9 Å². The number of fused-ring (bicyclic) bond motifs is 1. The van der Waals surface area contributed by atoms with E-state index in [1.165, 1.54) is 10.9 Å². The van der Waals surface area contributed by atoms with E-state index in [1.54, 1.807) is 13.8 Å². The highest BCUT2D eigenvalue weighted by Gasteiger charge is 2.18. The first-order valence-corrected chi connectivity index (χ1v) is 7.67. The summed E-state index contributed by atoms with van der Waals surface area (Å²) >= 11 is 0. The molecule has 0 spiro atoms. The lowest BCUT2D eigenvalue weighted by Crippen LogP contribution is -2.20. The van der Waals surface area contributed by atoms with Crippen LogP contribution >= 0.6 is 0 Å². The molecule has 2 aromatic heterocycles. The normalized spacial score (nSPS) is 10.8. The van der Waals surface area contributed by atoms with Gasteiger partial charge in [-0.1, -0.05) is 32.0 Å². The van der Waals surface area contributed by atoms with Gasteiger partial charge >= 0.3 is 0 Å². The number of nitrogens with one attached hydrogen (secondary N) is 1. The van der Waals surface area contributed by atoms with Gasteiger partial charge in [0, 0.05) is 11.3 Å². The molecule has 1 amide bonds. The van der Waals surface area contributed by atoms with Crippen molar-refractivity contribution >= 4 is 22.6 Å². The first-order chi connectivity index (χ1) is 11.5. The lowest BCUT2D eigenvalue weighted by atomic mass is 10.1. The second-order valence-corrected chi connectivity index (χ2v) is 5.89. The molecular formula is C18H17N5O. The van der Waals surface area contributed by atoms with E-state index in [4.69, 9.17) is 0 Å². The van der Waals surface area contributed by atoms with Gasteiger partial charge in [0.1, 0.15) is 11.6 Å². The molecule has 0 atom stereocenters. The van der Waals surface area contributed by atoms with Crippen LogP contribution in [0.5, 0.6) is 0 Å². The number of hydrogen-bond acceptors (Lipinski definition) is 4. The Bertz CT molecular complexity index is 965. The maximum Gasteiger partial charge on any atom is 0.228 e. The number of carbonyl (C=O) groups excluding carboxylic acids is 1. The number of rotatable bonds is 3. The quantitative estimate of drug-likeness (QED) is 0.803. The van der Waals surface area contributed by atoms with Crippen molar-refractivity contribution < 1.29 is 4.79 Å². The van der Waals surface area contributed by atoms with Crippen molar-refractivity contribution in [3.63, 3.8) is 0 Å². The fourth-order valence-electron chi connectivity index (χ4n) is 2.43. The minimum atomic E-state index is -0.203. The number of pyridine rings is 1. The molecule has 0 bridgehead atoms. The van der Waals surface area contributed by atoms with E-state index in [1.807, 2.05) is 37.3 Å². The molecule has 6 nitrogen and oxygen atoms in total. The average molecular weight is 319 g/mol. The van der Waals surface area contributed by atoms with Crippen molar-refractivity contribution in [2.75, 3.05) is 5.32 Å². The van der Waals surface area contributed by atoms with Gasteiger partial charge < -0.3 is 5.32 Å². The number of anilines is 1. The Kier molecular flexibility index (Phi) is 4.00. The molecule has 0 aliphatic heterocycles. The lowest BCUT2D eigenvalue weighted by molar-refractivity contribution is -0.118. The number of aromatic nitrogens is 3. The van der Waals surface area contributed by atoms with E-state index in [0.717, 1.165) is 16.5 Å². The molecule has 0 saturated heterocycles. The maximum atomic E-state index is 12.1. The van der Waals surface area contributed by atoms with E-state index < -0.39 is 0 Å². The zero-order valence-electron chi connectivity index (χ0n) is 13.7. The Labute approximate surface area is 139 Å². The number of amides is 1. The maximum absolute atomic E-state index is 12.1. The van der Waals surface area contributed by atoms with Crippen LogP contribution in [-0.4, -0.2) is 20.7 Å². The molecule has 1 aromatic carbocycles. The second-order valence-electron chi connectivity index (χ2n) is 5.89. The van der Waals surface area contributed by atoms with Crippen LogP contribution in [-0.2, 0) is 4.79 Å². The minimum absolute atomic E-state index is 0.175. The molecular weight excluding hydrogens is 302 g/mol. The van der Waals surface area contributed by atoms with Crippen LogP contribution in [0.3, 0.4) is 0 Å². The molecule has 3 aromatic rings. The topological polar surface area (TPSA) is 83.6 Å². The standard InChI is InChI=1S/C18H17N5O/c1-11(2)18(24)22-17-13(9-19)10-20-23(17)16-8-12(3)14-6-4-5-7-15(14)21-16/h4-8,10-11H,1-3H3,(H,22,24). The predicted molar refractivity (Wildman–Crippen MR) is 91.8 cm³/mol. The molecule has 2 heterocycles. The minimum Gasteiger partial charge on any atom is -0.309 e. The molecule has 0 radical (unpaired) electrons. The van der Waals surface area contributed by atoms with Crippen LogP contribution < -0.4 is 5.32 Å². The monoisotopic (exact) mass is 319 g/mol. The largest absolute Gasteiger partial charge is 0.309 e. The van der Waals surface area contributed by atoms with Gasteiger partial charge in [0.2, 0.25) is 5.91 Å². The van der Waals surface area contributed by atoms with Crippen molar-refractivity contribution in [2.24, 2.45) is 5.92 Å². The van der Waals surface area contributed by atoms with E-state index in [9.17, 15) is 10.1 Å². The molecule has 120 valence electrons. The second kappa shape index (κ2) is 6.13. The molecule has 1 N–H and O–H groups in total. The third-order valence-corrected chi connectivity index (χ3v) is 3.78. The zero-order valence-corrected chi connectivity index (χ0v) is 13.7. The first kappa shape index (κ1) is 15.7. The summed E-state index contributed by atoms with van der Waals surface area (Å²) < 4.78 is 1.50. The fourth-order valence-corrected chi connectivity index (χ4v) is 2.43. The summed E-state index contributed by atoms with van der Waals surface area (Å²) in [6.07, 6.45) is 1.43. The van der Waals surface area contributed by atoms with Crippen LogP contribution in [0.15, 0.2) is 36.5 Å². The van der Waals surface area contributed by atoms with E-state index in [2.05, 4.69) is 21.5 Å². The summed E-state index contributed by atoms with van der Waals surface area (Å²) in [7, 11) is 0. The van der Waals surface area contributed by atoms with Crippen molar-refractivity contribution in [1.82, 2.24) is 14.8 Å². The Morgan fingerprint density at radius 2 is 2.08 bits per heavy atom. The van der Waals surface area contributed by atoms with Gasteiger partial charge in [-0.25, -0.2) is 4.98 Å². The Morgan fingerprint density at radius 3 is 2.79 bits per heavy atom. The van der Waals surface area contributed by atoms with Gasteiger partial charge in [-0.15, -0.1) is 0 Å². The van der Waals surface area contributed by atoms with Crippen LogP contribution in [0.25, 0.3) is 16.7 Å². The number of nitriles is 1. The summed E-state index contributed by atoms with van der Waals surface area (Å²) in [5.41, 5.74) is 2.19. The first-order valence-electron chi connectivity index (χ1n) is 7.67. The van der Waals surface area contributed by atoms with Crippen LogP contribution in [0.1, 0.15) is 25.0 Å². The number of benzene rings is 1. The summed E-state index contributed by atoms with van der Waals surface area (Å²) in [5.74, 6) is 0.530. The summed E-state index contributed by atoms with van der Waals surface area (Å²) in [4.78, 5) is 16.7. The third kappa shape index (κ3) is 2.72. The summed E-state index contributed by atoms with van der Waals surface area (Å²) in [5, 5.41) is 17.3. The average Bonchev–Trinajstić information content (AvgIpc) is 2.97. The smallest absolute Gasteiger partial charge is 0.228 e. The molecule has 24 heavy (non-hydrogen) atoms.